The van der Waals surface area contributed by atoms with Gasteiger partial charge in [-0.25, -0.2) is 4.98 Å². The average Bonchev–Trinajstić information content (AvgIpc) is 3.16. The molecule has 2 aromatic rings. The highest BCUT2D eigenvalue weighted by molar-refractivity contribution is 7.09. The van der Waals surface area contributed by atoms with Gasteiger partial charge in [0.15, 0.2) is 0 Å². The van der Waals surface area contributed by atoms with Crippen molar-refractivity contribution in [2.45, 2.75) is 38.8 Å². The first-order chi connectivity index (χ1) is 13.0. The van der Waals surface area contributed by atoms with Gasteiger partial charge in [-0.1, -0.05) is 32.9 Å². The van der Waals surface area contributed by atoms with Gasteiger partial charge in [-0.15, -0.1) is 11.3 Å². The van der Waals surface area contributed by atoms with Gasteiger partial charge in [0.25, 0.3) is 0 Å². The average molecular weight is 390 g/mol. The number of aromatic nitrogens is 1. The van der Waals surface area contributed by atoms with Crippen molar-refractivity contribution >= 4 is 11.3 Å². The van der Waals surface area contributed by atoms with Crippen LogP contribution in [0.25, 0.3) is 0 Å². The predicted molar refractivity (Wildman–Crippen MR) is 111 cm³/mol. The molecule has 1 fully saturated rings. The van der Waals surface area contributed by atoms with Gasteiger partial charge < -0.3 is 14.8 Å². The fourth-order valence-corrected chi connectivity index (χ4v) is 4.15. The first kappa shape index (κ1) is 20.3. The SMILES string of the molecule is COc1ccc(C(CNCc2csc(C(C)(C)C)n2)N2CCOCC2)cc1. The van der Waals surface area contributed by atoms with Gasteiger partial charge in [-0.05, 0) is 17.7 Å². The Kier molecular flexibility index (Phi) is 6.87. The van der Waals surface area contributed by atoms with Crippen LogP contribution in [0, 0.1) is 0 Å². The first-order valence-corrected chi connectivity index (χ1v) is 10.5. The molecule has 1 aromatic carbocycles. The number of nitrogens with zero attached hydrogens (tertiary/aromatic N) is 2. The van der Waals surface area contributed by atoms with E-state index in [9.17, 15) is 0 Å². The third-order valence-corrected chi connectivity index (χ3v) is 6.14. The Morgan fingerprint density at radius 2 is 1.93 bits per heavy atom. The molecule has 0 aliphatic carbocycles. The van der Waals surface area contributed by atoms with E-state index in [1.807, 2.05) is 12.1 Å². The van der Waals surface area contributed by atoms with Crippen molar-refractivity contribution in [3.63, 3.8) is 0 Å². The molecular formula is C21H31N3O2S. The number of rotatable bonds is 7. The number of ether oxygens (including phenoxy) is 2. The molecule has 1 aliphatic heterocycles. The highest BCUT2D eigenvalue weighted by atomic mass is 32.1. The second-order valence-corrected chi connectivity index (χ2v) is 8.82. The fraction of sp³-hybridized carbons (Fsp3) is 0.571. The summed E-state index contributed by atoms with van der Waals surface area (Å²) in [6.45, 7) is 11.8. The zero-order valence-corrected chi connectivity index (χ0v) is 17.6. The number of nitrogens with one attached hydrogen (secondary N) is 1. The summed E-state index contributed by atoms with van der Waals surface area (Å²) in [7, 11) is 1.70. The zero-order chi connectivity index (χ0) is 19.3. The van der Waals surface area contributed by atoms with Crippen molar-refractivity contribution < 1.29 is 9.47 Å². The monoisotopic (exact) mass is 389 g/mol. The molecule has 27 heavy (non-hydrogen) atoms. The van der Waals surface area contributed by atoms with Crippen molar-refractivity contribution in [3.8, 4) is 5.75 Å². The van der Waals surface area contributed by atoms with Gasteiger partial charge in [0.2, 0.25) is 0 Å². The van der Waals surface area contributed by atoms with Crippen molar-refractivity contribution in [1.82, 2.24) is 15.2 Å². The summed E-state index contributed by atoms with van der Waals surface area (Å²) in [4.78, 5) is 7.29. The van der Waals surface area contributed by atoms with E-state index in [2.05, 4.69) is 48.5 Å². The number of hydrogen-bond acceptors (Lipinski definition) is 6. The highest BCUT2D eigenvalue weighted by Crippen LogP contribution is 2.26. The lowest BCUT2D eigenvalue weighted by molar-refractivity contribution is 0.0161. The normalized spacial score (nSPS) is 17.0. The van der Waals surface area contributed by atoms with Crippen molar-refractivity contribution in [1.29, 1.82) is 0 Å². The van der Waals surface area contributed by atoms with Gasteiger partial charge in [-0.3, -0.25) is 4.90 Å². The molecule has 1 aromatic heterocycles. The molecule has 6 heteroatoms. The van der Waals surface area contributed by atoms with Crippen LogP contribution in [-0.4, -0.2) is 49.8 Å². The Bertz CT molecular complexity index is 703. The second kappa shape index (κ2) is 9.15. The number of morpholine rings is 1. The van der Waals surface area contributed by atoms with Crippen LogP contribution in [0.15, 0.2) is 29.6 Å². The molecular weight excluding hydrogens is 358 g/mol. The van der Waals surface area contributed by atoms with Gasteiger partial charge in [0.05, 0.1) is 31.0 Å². The molecule has 0 bridgehead atoms. The van der Waals surface area contributed by atoms with E-state index in [-0.39, 0.29) is 5.41 Å². The molecule has 1 unspecified atom stereocenters. The molecule has 1 N–H and O–H groups in total. The zero-order valence-electron chi connectivity index (χ0n) is 16.8. The van der Waals surface area contributed by atoms with E-state index >= 15 is 0 Å². The maximum atomic E-state index is 5.54. The summed E-state index contributed by atoms with van der Waals surface area (Å²) in [5.41, 5.74) is 2.54. The number of benzene rings is 1. The molecule has 0 radical (unpaired) electrons. The third-order valence-electron chi connectivity index (χ3n) is 4.82. The summed E-state index contributed by atoms with van der Waals surface area (Å²) in [5.74, 6) is 0.893. The number of hydrogen-bond donors (Lipinski definition) is 1. The molecule has 5 nitrogen and oxygen atoms in total. The van der Waals surface area contributed by atoms with Crippen molar-refractivity contribution in [3.05, 3.63) is 45.9 Å². The first-order valence-electron chi connectivity index (χ1n) is 9.59. The molecule has 1 aliphatic rings. The Hall–Kier alpha value is -1.47. The van der Waals surface area contributed by atoms with Gasteiger partial charge in [0.1, 0.15) is 5.75 Å². The molecule has 1 saturated heterocycles. The second-order valence-electron chi connectivity index (χ2n) is 7.96. The maximum Gasteiger partial charge on any atom is 0.118 e. The van der Waals surface area contributed by atoms with Crippen molar-refractivity contribution in [2.24, 2.45) is 0 Å². The summed E-state index contributed by atoms with van der Waals surface area (Å²) < 4.78 is 10.8. The van der Waals surface area contributed by atoms with Gasteiger partial charge in [0, 0.05) is 43.0 Å². The minimum atomic E-state index is 0.113. The number of thiazole rings is 1. The Labute approximate surface area is 166 Å². The lowest BCUT2D eigenvalue weighted by Gasteiger charge is -2.35. The minimum absolute atomic E-state index is 0.113. The van der Waals surface area contributed by atoms with Crippen LogP contribution in [0.5, 0.6) is 5.75 Å². The Morgan fingerprint density at radius 3 is 2.52 bits per heavy atom. The molecule has 3 rings (SSSR count). The molecule has 148 valence electrons. The maximum absolute atomic E-state index is 5.54. The van der Waals surface area contributed by atoms with Crippen molar-refractivity contribution in [2.75, 3.05) is 40.0 Å². The summed E-state index contributed by atoms with van der Waals surface area (Å²) in [6, 6.07) is 8.74. The van der Waals surface area contributed by atoms with Crippen LogP contribution in [-0.2, 0) is 16.7 Å². The summed E-state index contributed by atoms with van der Waals surface area (Å²) in [6.07, 6.45) is 0. The minimum Gasteiger partial charge on any atom is -0.497 e. The fourth-order valence-electron chi connectivity index (χ4n) is 3.24. The van der Waals surface area contributed by atoms with Gasteiger partial charge in [-0.2, -0.15) is 0 Å². The lowest BCUT2D eigenvalue weighted by atomic mass is 9.98. The lowest BCUT2D eigenvalue weighted by Crippen LogP contribution is -2.42. The molecule has 0 spiro atoms. The van der Waals surface area contributed by atoms with E-state index < -0.39 is 0 Å². The number of methoxy groups -OCH3 is 1. The quantitative estimate of drug-likeness (QED) is 0.784. The summed E-state index contributed by atoms with van der Waals surface area (Å²) in [5, 5.41) is 6.99. The predicted octanol–water partition coefficient (Wildman–Crippen LogP) is 3.61. The molecule has 1 atom stereocenters. The van der Waals surface area contributed by atoms with Crippen LogP contribution < -0.4 is 10.1 Å². The van der Waals surface area contributed by atoms with E-state index in [1.54, 1.807) is 18.4 Å². The molecule has 2 heterocycles. The third kappa shape index (κ3) is 5.51. The van der Waals surface area contributed by atoms with E-state index in [4.69, 9.17) is 14.5 Å². The smallest absolute Gasteiger partial charge is 0.118 e. The Morgan fingerprint density at radius 1 is 1.22 bits per heavy atom. The van der Waals surface area contributed by atoms with E-state index in [0.29, 0.717) is 6.04 Å². The van der Waals surface area contributed by atoms with E-state index in [1.165, 1.54) is 10.6 Å². The van der Waals surface area contributed by atoms with Crippen LogP contribution in [0.1, 0.15) is 43.1 Å². The molecule has 0 amide bonds. The van der Waals surface area contributed by atoms with Crippen LogP contribution in [0.3, 0.4) is 0 Å². The Balaban J connectivity index is 1.64. The van der Waals surface area contributed by atoms with E-state index in [0.717, 1.165) is 50.8 Å². The summed E-state index contributed by atoms with van der Waals surface area (Å²) >= 11 is 1.75. The highest BCUT2D eigenvalue weighted by Gasteiger charge is 2.23. The standard InChI is InChI=1S/C21H31N3O2S/c1-21(2,3)20-23-17(15-27-20)13-22-14-19(24-9-11-26-12-10-24)16-5-7-18(25-4)8-6-16/h5-8,15,19,22H,9-14H2,1-4H3. The van der Waals surface area contributed by atoms with Crippen LogP contribution >= 0.6 is 11.3 Å². The van der Waals surface area contributed by atoms with Gasteiger partial charge >= 0.3 is 0 Å². The largest absolute Gasteiger partial charge is 0.497 e. The van der Waals surface area contributed by atoms with Crippen LogP contribution in [0.2, 0.25) is 0 Å². The molecule has 0 saturated carbocycles. The topological polar surface area (TPSA) is 46.6 Å². The van der Waals surface area contributed by atoms with Crippen LogP contribution in [0.4, 0.5) is 0 Å².